The number of nitrogens with zero attached hydrogens (tertiary/aromatic N) is 1. The summed E-state index contributed by atoms with van der Waals surface area (Å²) >= 11 is 5.29. The molecule has 4 heteroatoms. The van der Waals surface area contributed by atoms with Crippen molar-refractivity contribution in [1.82, 2.24) is 10.3 Å². The molecule has 94 valence electrons. The molecule has 1 aromatic carbocycles. The SMILES string of the molecule is CCNCc1ccc(Sc2ccccn2)c(Br)c1. The predicted molar refractivity (Wildman–Crippen MR) is 79.9 cm³/mol. The molecule has 0 aliphatic heterocycles. The Morgan fingerprint density at radius 2 is 2.17 bits per heavy atom. The van der Waals surface area contributed by atoms with Crippen LogP contribution in [-0.2, 0) is 6.54 Å². The van der Waals surface area contributed by atoms with Crippen molar-refractivity contribution in [2.45, 2.75) is 23.4 Å². The summed E-state index contributed by atoms with van der Waals surface area (Å²) in [7, 11) is 0. The highest BCUT2D eigenvalue weighted by Gasteiger charge is 2.04. The minimum atomic E-state index is 0.906. The van der Waals surface area contributed by atoms with E-state index in [4.69, 9.17) is 0 Å². The van der Waals surface area contributed by atoms with E-state index in [9.17, 15) is 0 Å². The lowest BCUT2D eigenvalue weighted by molar-refractivity contribution is 0.726. The van der Waals surface area contributed by atoms with E-state index in [1.165, 1.54) is 10.5 Å². The van der Waals surface area contributed by atoms with Gasteiger partial charge in [0.25, 0.3) is 0 Å². The summed E-state index contributed by atoms with van der Waals surface area (Å²) in [6.07, 6.45) is 1.82. The molecule has 0 saturated heterocycles. The van der Waals surface area contributed by atoms with Crippen LogP contribution in [0.4, 0.5) is 0 Å². The topological polar surface area (TPSA) is 24.9 Å². The molecule has 2 rings (SSSR count). The van der Waals surface area contributed by atoms with Gasteiger partial charge >= 0.3 is 0 Å². The summed E-state index contributed by atoms with van der Waals surface area (Å²) in [5.41, 5.74) is 1.29. The molecule has 0 spiro atoms. The third-order valence-electron chi connectivity index (χ3n) is 2.43. The summed E-state index contributed by atoms with van der Waals surface area (Å²) in [6, 6.07) is 12.4. The maximum atomic E-state index is 4.32. The summed E-state index contributed by atoms with van der Waals surface area (Å²) in [5, 5.41) is 4.33. The Labute approximate surface area is 120 Å². The Hall–Kier alpha value is -0.840. The molecule has 0 atom stereocenters. The second-order valence-corrected chi connectivity index (χ2v) is 5.73. The number of pyridine rings is 1. The fraction of sp³-hybridized carbons (Fsp3) is 0.214. The number of hydrogen-bond donors (Lipinski definition) is 1. The Morgan fingerprint density at radius 1 is 1.28 bits per heavy atom. The summed E-state index contributed by atoms with van der Waals surface area (Å²) in [6.45, 7) is 4.01. The molecule has 18 heavy (non-hydrogen) atoms. The fourth-order valence-electron chi connectivity index (χ4n) is 1.53. The first kappa shape index (κ1) is 13.6. The molecule has 0 fully saturated rings. The van der Waals surface area contributed by atoms with E-state index in [1.807, 2.05) is 24.4 Å². The summed E-state index contributed by atoms with van der Waals surface area (Å²) in [5.74, 6) is 0. The van der Waals surface area contributed by atoms with Crippen LogP contribution >= 0.6 is 27.7 Å². The van der Waals surface area contributed by atoms with Gasteiger partial charge in [0.2, 0.25) is 0 Å². The highest BCUT2D eigenvalue weighted by atomic mass is 79.9. The molecule has 1 N–H and O–H groups in total. The Morgan fingerprint density at radius 3 is 2.83 bits per heavy atom. The fourth-order valence-corrected chi connectivity index (χ4v) is 2.97. The van der Waals surface area contributed by atoms with Crippen molar-refractivity contribution >= 4 is 27.7 Å². The second-order valence-electron chi connectivity index (χ2n) is 3.82. The van der Waals surface area contributed by atoms with Gasteiger partial charge in [-0.1, -0.05) is 30.8 Å². The highest BCUT2D eigenvalue weighted by molar-refractivity contribution is 9.10. The number of benzene rings is 1. The lowest BCUT2D eigenvalue weighted by Crippen LogP contribution is -2.11. The maximum absolute atomic E-state index is 4.32. The van der Waals surface area contributed by atoms with Crippen LogP contribution in [-0.4, -0.2) is 11.5 Å². The molecule has 0 amide bonds. The van der Waals surface area contributed by atoms with Gasteiger partial charge in [-0.05, 0) is 52.3 Å². The Bertz CT molecular complexity index is 502. The largest absolute Gasteiger partial charge is 0.313 e. The van der Waals surface area contributed by atoms with Crippen LogP contribution in [0.2, 0.25) is 0 Å². The number of aromatic nitrogens is 1. The minimum absolute atomic E-state index is 0.906. The summed E-state index contributed by atoms with van der Waals surface area (Å²) in [4.78, 5) is 5.51. The van der Waals surface area contributed by atoms with Crippen LogP contribution in [0.3, 0.4) is 0 Å². The van der Waals surface area contributed by atoms with E-state index in [2.05, 4.69) is 51.4 Å². The van der Waals surface area contributed by atoms with Crippen molar-refractivity contribution in [3.8, 4) is 0 Å². The van der Waals surface area contributed by atoms with Crippen molar-refractivity contribution in [3.63, 3.8) is 0 Å². The van der Waals surface area contributed by atoms with E-state index >= 15 is 0 Å². The van der Waals surface area contributed by atoms with Crippen molar-refractivity contribution in [2.75, 3.05) is 6.54 Å². The van der Waals surface area contributed by atoms with Gasteiger partial charge in [-0.2, -0.15) is 0 Å². The van der Waals surface area contributed by atoms with Crippen molar-refractivity contribution in [3.05, 3.63) is 52.6 Å². The van der Waals surface area contributed by atoms with E-state index in [1.54, 1.807) is 11.8 Å². The standard InChI is InChI=1S/C14H15BrN2S/c1-2-16-10-11-6-7-13(12(15)9-11)18-14-5-3-4-8-17-14/h3-9,16H,2,10H2,1H3. The molecular formula is C14H15BrN2S. The molecule has 2 nitrogen and oxygen atoms in total. The van der Waals surface area contributed by atoms with Gasteiger partial charge in [0.05, 0.1) is 0 Å². The zero-order valence-corrected chi connectivity index (χ0v) is 12.6. The molecule has 1 aromatic heterocycles. The lowest BCUT2D eigenvalue weighted by atomic mass is 10.2. The highest BCUT2D eigenvalue weighted by Crippen LogP contribution is 2.32. The molecule has 0 unspecified atom stereocenters. The summed E-state index contributed by atoms with van der Waals surface area (Å²) < 4.78 is 1.12. The maximum Gasteiger partial charge on any atom is 0.101 e. The van der Waals surface area contributed by atoms with Crippen LogP contribution in [0.15, 0.2) is 57.0 Å². The van der Waals surface area contributed by atoms with Crippen molar-refractivity contribution < 1.29 is 0 Å². The van der Waals surface area contributed by atoms with E-state index < -0.39 is 0 Å². The van der Waals surface area contributed by atoms with Gasteiger partial charge in [-0.25, -0.2) is 4.98 Å². The normalized spacial score (nSPS) is 10.6. The smallest absolute Gasteiger partial charge is 0.101 e. The average Bonchev–Trinajstić information content (AvgIpc) is 2.40. The van der Waals surface area contributed by atoms with Crippen molar-refractivity contribution in [1.29, 1.82) is 0 Å². The number of halogens is 1. The van der Waals surface area contributed by atoms with Gasteiger partial charge < -0.3 is 5.32 Å². The first-order chi connectivity index (χ1) is 8.79. The van der Waals surface area contributed by atoms with Crippen LogP contribution in [0.1, 0.15) is 12.5 Å². The predicted octanol–water partition coefficient (Wildman–Crippen LogP) is 4.10. The third kappa shape index (κ3) is 3.83. The van der Waals surface area contributed by atoms with Crippen LogP contribution in [0.5, 0.6) is 0 Å². The number of nitrogens with one attached hydrogen (secondary N) is 1. The van der Waals surface area contributed by atoms with Gasteiger partial charge in [0, 0.05) is 22.1 Å². The quantitative estimate of drug-likeness (QED) is 0.896. The average molecular weight is 323 g/mol. The lowest BCUT2D eigenvalue weighted by Gasteiger charge is -2.07. The number of hydrogen-bond acceptors (Lipinski definition) is 3. The van der Waals surface area contributed by atoms with E-state index in [-0.39, 0.29) is 0 Å². The van der Waals surface area contributed by atoms with Gasteiger partial charge in [-0.3, -0.25) is 0 Å². The van der Waals surface area contributed by atoms with Gasteiger partial charge in [-0.15, -0.1) is 0 Å². The van der Waals surface area contributed by atoms with Gasteiger partial charge in [0.1, 0.15) is 5.03 Å². The monoisotopic (exact) mass is 322 g/mol. The molecule has 0 radical (unpaired) electrons. The van der Waals surface area contributed by atoms with E-state index in [0.29, 0.717) is 0 Å². The Kier molecular flexibility index (Phi) is 5.23. The first-order valence-electron chi connectivity index (χ1n) is 5.87. The zero-order chi connectivity index (χ0) is 12.8. The molecule has 1 heterocycles. The molecule has 0 saturated carbocycles. The molecule has 0 aliphatic carbocycles. The van der Waals surface area contributed by atoms with Crippen molar-refractivity contribution in [2.24, 2.45) is 0 Å². The Balaban J connectivity index is 2.10. The first-order valence-corrected chi connectivity index (χ1v) is 7.48. The third-order valence-corrected chi connectivity index (χ3v) is 4.37. The number of rotatable bonds is 5. The van der Waals surface area contributed by atoms with Crippen LogP contribution in [0.25, 0.3) is 0 Å². The molecular weight excluding hydrogens is 308 g/mol. The zero-order valence-electron chi connectivity index (χ0n) is 10.2. The van der Waals surface area contributed by atoms with Crippen LogP contribution in [0, 0.1) is 0 Å². The van der Waals surface area contributed by atoms with Gasteiger partial charge in [0.15, 0.2) is 0 Å². The molecule has 0 aliphatic rings. The van der Waals surface area contributed by atoms with Crippen LogP contribution < -0.4 is 5.32 Å². The minimum Gasteiger partial charge on any atom is -0.313 e. The molecule has 0 bridgehead atoms. The molecule has 2 aromatic rings. The van der Waals surface area contributed by atoms with E-state index in [0.717, 1.165) is 22.6 Å². The second kappa shape index (κ2) is 6.92.